The van der Waals surface area contributed by atoms with Gasteiger partial charge in [-0.3, -0.25) is 9.69 Å². The van der Waals surface area contributed by atoms with Crippen molar-refractivity contribution in [2.24, 2.45) is 0 Å². The lowest BCUT2D eigenvalue weighted by molar-refractivity contribution is 0.0627. The summed E-state index contributed by atoms with van der Waals surface area (Å²) in [4.78, 5) is 17.0. The molecule has 0 spiro atoms. The molecule has 5 nitrogen and oxygen atoms in total. The van der Waals surface area contributed by atoms with Crippen molar-refractivity contribution in [2.45, 2.75) is 34.2 Å². The molecule has 0 bridgehead atoms. The summed E-state index contributed by atoms with van der Waals surface area (Å²) < 4.78 is 5.23. The molecule has 0 atom stereocenters. The molecule has 2 aromatic rings. The van der Waals surface area contributed by atoms with Gasteiger partial charge in [0, 0.05) is 43.9 Å². The first-order chi connectivity index (χ1) is 11.5. The molecule has 128 valence electrons. The lowest BCUT2D eigenvalue weighted by atomic mass is 10.1. The van der Waals surface area contributed by atoms with Crippen LogP contribution in [0.1, 0.15) is 38.5 Å². The Bertz CT molecular complexity index is 724. The van der Waals surface area contributed by atoms with E-state index in [4.69, 9.17) is 4.52 Å². The summed E-state index contributed by atoms with van der Waals surface area (Å²) in [7, 11) is 0. The van der Waals surface area contributed by atoms with Gasteiger partial charge in [-0.2, -0.15) is 0 Å². The second-order valence-corrected chi connectivity index (χ2v) is 6.67. The van der Waals surface area contributed by atoms with Gasteiger partial charge in [0.25, 0.3) is 5.91 Å². The van der Waals surface area contributed by atoms with Crippen molar-refractivity contribution < 1.29 is 9.32 Å². The predicted molar refractivity (Wildman–Crippen MR) is 93.1 cm³/mol. The predicted octanol–water partition coefficient (Wildman–Crippen LogP) is 2.87. The van der Waals surface area contributed by atoms with Gasteiger partial charge >= 0.3 is 0 Å². The number of hydrogen-bond donors (Lipinski definition) is 0. The van der Waals surface area contributed by atoms with E-state index in [-0.39, 0.29) is 5.91 Å². The Hall–Kier alpha value is -2.14. The average molecular weight is 327 g/mol. The third kappa shape index (κ3) is 3.36. The number of carbonyl (C=O) groups excluding carboxylic acids is 1. The maximum Gasteiger partial charge on any atom is 0.253 e. The van der Waals surface area contributed by atoms with E-state index in [1.54, 1.807) is 0 Å². The molecule has 1 amide bonds. The van der Waals surface area contributed by atoms with Crippen molar-refractivity contribution in [3.05, 3.63) is 51.9 Å². The normalized spacial score (nSPS) is 15.8. The highest BCUT2D eigenvalue weighted by Gasteiger charge is 2.23. The van der Waals surface area contributed by atoms with E-state index in [1.807, 2.05) is 43.9 Å². The fourth-order valence-corrected chi connectivity index (χ4v) is 3.12. The molecule has 1 fully saturated rings. The maximum atomic E-state index is 12.7. The van der Waals surface area contributed by atoms with Crippen molar-refractivity contribution in [3.8, 4) is 0 Å². The molecule has 1 aromatic heterocycles. The molecule has 5 heteroatoms. The van der Waals surface area contributed by atoms with Crippen LogP contribution in [0, 0.1) is 27.7 Å². The minimum absolute atomic E-state index is 0.134. The van der Waals surface area contributed by atoms with E-state index in [1.165, 1.54) is 11.1 Å². The molecule has 1 aliphatic heterocycles. The molecule has 0 N–H and O–H groups in total. The number of amides is 1. The lowest BCUT2D eigenvalue weighted by Gasteiger charge is -2.34. The Morgan fingerprint density at radius 3 is 2.38 bits per heavy atom. The van der Waals surface area contributed by atoms with Gasteiger partial charge < -0.3 is 9.42 Å². The molecule has 0 radical (unpaired) electrons. The molecule has 0 aliphatic carbocycles. The van der Waals surface area contributed by atoms with Gasteiger partial charge in [0.1, 0.15) is 5.76 Å². The van der Waals surface area contributed by atoms with E-state index in [9.17, 15) is 4.79 Å². The van der Waals surface area contributed by atoms with E-state index < -0.39 is 0 Å². The fourth-order valence-electron chi connectivity index (χ4n) is 3.12. The first kappa shape index (κ1) is 16.7. The molecule has 1 aromatic carbocycles. The smallest absolute Gasteiger partial charge is 0.253 e. The van der Waals surface area contributed by atoms with Crippen LogP contribution in [0.15, 0.2) is 22.7 Å². The quantitative estimate of drug-likeness (QED) is 0.870. The zero-order valence-corrected chi connectivity index (χ0v) is 14.9. The monoisotopic (exact) mass is 327 g/mol. The Morgan fingerprint density at radius 1 is 1.08 bits per heavy atom. The maximum absolute atomic E-state index is 12.7. The molecule has 24 heavy (non-hydrogen) atoms. The highest BCUT2D eigenvalue weighted by atomic mass is 16.5. The fraction of sp³-hybridized carbons (Fsp3) is 0.474. The minimum Gasteiger partial charge on any atom is -0.361 e. The number of nitrogens with zero attached hydrogens (tertiary/aromatic N) is 3. The zero-order chi connectivity index (χ0) is 17.3. The van der Waals surface area contributed by atoms with Crippen molar-refractivity contribution in [1.82, 2.24) is 15.0 Å². The number of aryl methyl sites for hydroxylation is 4. The molecule has 3 rings (SSSR count). The van der Waals surface area contributed by atoms with Gasteiger partial charge in [-0.15, -0.1) is 0 Å². The molecule has 1 saturated heterocycles. The van der Waals surface area contributed by atoms with Crippen molar-refractivity contribution >= 4 is 5.91 Å². The van der Waals surface area contributed by atoms with Gasteiger partial charge in [0.05, 0.1) is 5.69 Å². The van der Waals surface area contributed by atoms with Gasteiger partial charge in [0.15, 0.2) is 0 Å². The van der Waals surface area contributed by atoms with E-state index in [0.29, 0.717) is 0 Å². The van der Waals surface area contributed by atoms with Gasteiger partial charge in [-0.1, -0.05) is 11.2 Å². The topological polar surface area (TPSA) is 49.6 Å². The molecule has 2 heterocycles. The number of hydrogen-bond acceptors (Lipinski definition) is 4. The van der Waals surface area contributed by atoms with Crippen LogP contribution in [-0.4, -0.2) is 47.0 Å². The van der Waals surface area contributed by atoms with Gasteiger partial charge in [-0.25, -0.2) is 0 Å². The summed E-state index contributed by atoms with van der Waals surface area (Å²) in [5.41, 5.74) is 5.30. The summed E-state index contributed by atoms with van der Waals surface area (Å²) in [5, 5.41) is 4.01. The lowest BCUT2D eigenvalue weighted by Crippen LogP contribution is -2.48. The SMILES string of the molecule is Cc1ccc(C(=O)N2CCN(Cc3c(C)noc3C)CC2)cc1C. The second-order valence-electron chi connectivity index (χ2n) is 6.67. The second kappa shape index (κ2) is 6.77. The first-order valence-electron chi connectivity index (χ1n) is 8.46. The van der Waals surface area contributed by atoms with Crippen molar-refractivity contribution in [2.75, 3.05) is 26.2 Å². The summed E-state index contributed by atoms with van der Waals surface area (Å²) in [6.07, 6.45) is 0. The highest BCUT2D eigenvalue weighted by Crippen LogP contribution is 2.17. The number of rotatable bonds is 3. The van der Waals surface area contributed by atoms with E-state index in [0.717, 1.165) is 55.3 Å². The van der Waals surface area contributed by atoms with Crippen LogP contribution < -0.4 is 0 Å². The summed E-state index contributed by atoms with van der Waals surface area (Å²) in [5.74, 6) is 1.02. The van der Waals surface area contributed by atoms with Crippen LogP contribution in [0.3, 0.4) is 0 Å². The van der Waals surface area contributed by atoms with Crippen LogP contribution >= 0.6 is 0 Å². The largest absolute Gasteiger partial charge is 0.361 e. The average Bonchev–Trinajstić information content (AvgIpc) is 2.89. The molecular formula is C19H25N3O2. The zero-order valence-electron chi connectivity index (χ0n) is 14.9. The first-order valence-corrected chi connectivity index (χ1v) is 8.46. The van der Waals surface area contributed by atoms with Crippen LogP contribution in [-0.2, 0) is 6.54 Å². The van der Waals surface area contributed by atoms with E-state index in [2.05, 4.69) is 17.0 Å². The standard InChI is InChI=1S/C19H25N3O2/c1-13-5-6-17(11-14(13)2)19(23)22-9-7-21(8-10-22)12-18-15(3)20-24-16(18)4/h5-6,11H,7-10,12H2,1-4H3. The number of carbonyl (C=O) groups is 1. The van der Waals surface area contributed by atoms with Gasteiger partial charge in [-0.05, 0) is 51.0 Å². The number of aromatic nitrogens is 1. The van der Waals surface area contributed by atoms with Crippen molar-refractivity contribution in [3.63, 3.8) is 0 Å². The Labute approximate surface area is 143 Å². The Kier molecular flexibility index (Phi) is 4.71. The number of benzene rings is 1. The molecular weight excluding hydrogens is 302 g/mol. The third-order valence-electron chi connectivity index (χ3n) is 4.98. The third-order valence-corrected chi connectivity index (χ3v) is 4.98. The van der Waals surface area contributed by atoms with Crippen LogP contribution in [0.4, 0.5) is 0 Å². The van der Waals surface area contributed by atoms with Crippen LogP contribution in [0.5, 0.6) is 0 Å². The highest BCUT2D eigenvalue weighted by molar-refractivity contribution is 5.94. The minimum atomic E-state index is 0.134. The Balaban J connectivity index is 1.60. The van der Waals surface area contributed by atoms with Crippen molar-refractivity contribution in [1.29, 1.82) is 0 Å². The number of piperazine rings is 1. The molecule has 1 aliphatic rings. The summed E-state index contributed by atoms with van der Waals surface area (Å²) in [6, 6.07) is 5.95. The Morgan fingerprint density at radius 2 is 1.79 bits per heavy atom. The van der Waals surface area contributed by atoms with Gasteiger partial charge in [0.2, 0.25) is 0 Å². The summed E-state index contributed by atoms with van der Waals surface area (Å²) >= 11 is 0. The molecule has 0 saturated carbocycles. The van der Waals surface area contributed by atoms with E-state index >= 15 is 0 Å². The van der Waals surface area contributed by atoms with Crippen LogP contribution in [0.2, 0.25) is 0 Å². The summed E-state index contributed by atoms with van der Waals surface area (Å²) in [6.45, 7) is 12.2. The van der Waals surface area contributed by atoms with Crippen LogP contribution in [0.25, 0.3) is 0 Å². The molecule has 0 unspecified atom stereocenters.